The number of aromatic amines is 1. The van der Waals surface area contributed by atoms with E-state index in [1.165, 1.54) is 11.1 Å². The zero-order valence-corrected chi connectivity index (χ0v) is 15.2. The Bertz CT molecular complexity index is 1010. The van der Waals surface area contributed by atoms with Crippen molar-refractivity contribution < 1.29 is 0 Å². The molecule has 0 amide bonds. The van der Waals surface area contributed by atoms with E-state index in [4.69, 9.17) is 0 Å². The Hall–Kier alpha value is -2.73. The molecule has 0 bridgehead atoms. The maximum Gasteiger partial charge on any atom is 0.153 e. The first-order valence-electron chi connectivity index (χ1n) is 8.23. The van der Waals surface area contributed by atoms with Crippen LogP contribution in [0.4, 0.5) is 11.6 Å². The van der Waals surface area contributed by atoms with E-state index in [0.717, 1.165) is 33.1 Å². The SMILES string of the molecule is Cc1cc(Nc2ncnc3scc(-c4ccc(C(C)C)cc4)c23)n[nH]1. The Morgan fingerprint density at radius 2 is 1.92 bits per heavy atom. The van der Waals surface area contributed by atoms with Gasteiger partial charge in [0.1, 0.15) is 17.0 Å². The third-order valence-electron chi connectivity index (χ3n) is 4.21. The molecule has 1 aromatic carbocycles. The van der Waals surface area contributed by atoms with Crippen molar-refractivity contribution in [1.82, 2.24) is 20.2 Å². The summed E-state index contributed by atoms with van der Waals surface area (Å²) < 4.78 is 0. The average molecular weight is 349 g/mol. The molecule has 2 N–H and O–H groups in total. The molecule has 0 saturated carbocycles. The molecule has 126 valence electrons. The number of hydrogen-bond donors (Lipinski definition) is 2. The quantitative estimate of drug-likeness (QED) is 0.527. The molecule has 0 unspecified atom stereocenters. The first kappa shape index (κ1) is 15.8. The molecule has 0 fully saturated rings. The number of nitrogens with one attached hydrogen (secondary N) is 2. The van der Waals surface area contributed by atoms with E-state index in [1.807, 2.05) is 13.0 Å². The maximum atomic E-state index is 4.45. The van der Waals surface area contributed by atoms with Crippen LogP contribution in [0.2, 0.25) is 0 Å². The van der Waals surface area contributed by atoms with Crippen molar-refractivity contribution in [3.05, 3.63) is 53.3 Å². The average Bonchev–Trinajstić information content (AvgIpc) is 3.22. The molecule has 3 heterocycles. The minimum atomic E-state index is 0.525. The van der Waals surface area contributed by atoms with Crippen LogP contribution >= 0.6 is 11.3 Å². The number of hydrogen-bond acceptors (Lipinski definition) is 5. The Morgan fingerprint density at radius 3 is 2.60 bits per heavy atom. The molecule has 0 aliphatic carbocycles. The number of H-pyrrole nitrogens is 1. The summed E-state index contributed by atoms with van der Waals surface area (Å²) in [5.41, 5.74) is 4.66. The number of anilines is 2. The molecule has 4 aromatic rings. The number of rotatable bonds is 4. The molecule has 5 nitrogen and oxygen atoms in total. The molecule has 0 aliphatic rings. The van der Waals surface area contributed by atoms with Crippen LogP contribution < -0.4 is 5.32 Å². The lowest BCUT2D eigenvalue weighted by Gasteiger charge is -2.08. The van der Waals surface area contributed by atoms with Gasteiger partial charge in [-0.1, -0.05) is 38.1 Å². The summed E-state index contributed by atoms with van der Waals surface area (Å²) in [7, 11) is 0. The van der Waals surface area contributed by atoms with Crippen molar-refractivity contribution in [2.45, 2.75) is 26.7 Å². The minimum absolute atomic E-state index is 0.525. The summed E-state index contributed by atoms with van der Waals surface area (Å²) in [6.07, 6.45) is 1.59. The normalized spacial score (nSPS) is 11.4. The van der Waals surface area contributed by atoms with Gasteiger partial charge in [0.05, 0.1) is 5.39 Å². The van der Waals surface area contributed by atoms with Crippen molar-refractivity contribution in [3.8, 4) is 11.1 Å². The number of nitrogens with zero attached hydrogens (tertiary/aromatic N) is 3. The van der Waals surface area contributed by atoms with E-state index in [2.05, 4.69) is 69.0 Å². The lowest BCUT2D eigenvalue weighted by molar-refractivity contribution is 0.867. The van der Waals surface area contributed by atoms with Gasteiger partial charge >= 0.3 is 0 Å². The maximum absolute atomic E-state index is 4.45. The van der Waals surface area contributed by atoms with Gasteiger partial charge in [0.2, 0.25) is 0 Å². The van der Waals surface area contributed by atoms with Crippen molar-refractivity contribution >= 4 is 33.2 Å². The predicted octanol–water partition coefficient (Wildman–Crippen LogP) is 5.26. The second-order valence-corrected chi connectivity index (χ2v) is 7.25. The number of fused-ring (bicyclic) bond motifs is 1. The standard InChI is InChI=1S/C19H19N5S/c1-11(2)13-4-6-14(7-5-13)15-9-25-19-17(15)18(20-10-21-19)22-16-8-12(3)23-24-16/h4-11H,1-3H3,(H2,20,21,22,23,24). The largest absolute Gasteiger partial charge is 0.323 e. The fourth-order valence-electron chi connectivity index (χ4n) is 2.83. The molecule has 0 saturated heterocycles. The summed E-state index contributed by atoms with van der Waals surface area (Å²) in [6.45, 7) is 6.38. The molecular weight excluding hydrogens is 330 g/mol. The minimum Gasteiger partial charge on any atom is -0.323 e. The van der Waals surface area contributed by atoms with Crippen molar-refractivity contribution in [2.24, 2.45) is 0 Å². The lowest BCUT2D eigenvalue weighted by Crippen LogP contribution is -1.96. The summed E-state index contributed by atoms with van der Waals surface area (Å²) >= 11 is 1.63. The van der Waals surface area contributed by atoms with Crippen LogP contribution in [0.3, 0.4) is 0 Å². The monoisotopic (exact) mass is 349 g/mol. The Morgan fingerprint density at radius 1 is 1.12 bits per heavy atom. The fourth-order valence-corrected chi connectivity index (χ4v) is 3.75. The molecule has 4 rings (SSSR count). The smallest absolute Gasteiger partial charge is 0.153 e. The Labute approximate surface area is 150 Å². The van der Waals surface area contributed by atoms with Gasteiger partial charge in [0.15, 0.2) is 5.82 Å². The molecule has 0 atom stereocenters. The van der Waals surface area contributed by atoms with Gasteiger partial charge < -0.3 is 5.32 Å². The van der Waals surface area contributed by atoms with E-state index in [0.29, 0.717) is 5.92 Å². The topological polar surface area (TPSA) is 66.5 Å². The van der Waals surface area contributed by atoms with E-state index < -0.39 is 0 Å². The third-order valence-corrected chi connectivity index (χ3v) is 5.10. The van der Waals surface area contributed by atoms with Crippen LogP contribution in [0, 0.1) is 6.92 Å². The van der Waals surface area contributed by atoms with Crippen molar-refractivity contribution in [2.75, 3.05) is 5.32 Å². The van der Waals surface area contributed by atoms with Crippen molar-refractivity contribution in [1.29, 1.82) is 0 Å². The van der Waals surface area contributed by atoms with Gasteiger partial charge in [-0.05, 0) is 24.0 Å². The van der Waals surface area contributed by atoms with E-state index in [-0.39, 0.29) is 0 Å². The second-order valence-electron chi connectivity index (χ2n) is 6.39. The highest BCUT2D eigenvalue weighted by atomic mass is 32.1. The molecule has 3 aromatic heterocycles. The first-order chi connectivity index (χ1) is 12.1. The number of benzene rings is 1. The Kier molecular flexibility index (Phi) is 3.97. The van der Waals surface area contributed by atoms with E-state index in [9.17, 15) is 0 Å². The van der Waals surface area contributed by atoms with Gasteiger partial charge in [-0.15, -0.1) is 11.3 Å². The van der Waals surface area contributed by atoms with Gasteiger partial charge in [-0.2, -0.15) is 5.10 Å². The predicted molar refractivity (Wildman–Crippen MR) is 104 cm³/mol. The third kappa shape index (κ3) is 3.00. The van der Waals surface area contributed by atoms with Gasteiger partial charge in [0, 0.05) is 22.7 Å². The lowest BCUT2D eigenvalue weighted by atomic mass is 9.99. The van der Waals surface area contributed by atoms with Crippen LogP contribution in [0.1, 0.15) is 31.0 Å². The zero-order valence-electron chi connectivity index (χ0n) is 14.4. The Balaban J connectivity index is 1.79. The summed E-state index contributed by atoms with van der Waals surface area (Å²) in [4.78, 5) is 9.83. The fraction of sp³-hybridized carbons (Fsp3) is 0.211. The molecular formula is C19H19N5S. The van der Waals surface area contributed by atoms with Crippen LogP contribution in [0.15, 0.2) is 42.0 Å². The summed E-state index contributed by atoms with van der Waals surface area (Å²) in [5, 5.41) is 13.7. The number of aryl methyl sites for hydroxylation is 1. The molecule has 25 heavy (non-hydrogen) atoms. The second kappa shape index (κ2) is 6.29. The van der Waals surface area contributed by atoms with E-state index >= 15 is 0 Å². The highest BCUT2D eigenvalue weighted by Crippen LogP contribution is 2.37. The molecule has 6 heteroatoms. The summed E-state index contributed by atoms with van der Waals surface area (Å²) in [6, 6.07) is 10.7. The van der Waals surface area contributed by atoms with Crippen LogP contribution in [-0.4, -0.2) is 20.2 Å². The zero-order chi connectivity index (χ0) is 17.4. The summed E-state index contributed by atoms with van der Waals surface area (Å²) in [5.74, 6) is 2.06. The molecule has 0 aliphatic heterocycles. The van der Waals surface area contributed by atoms with Crippen LogP contribution in [-0.2, 0) is 0 Å². The van der Waals surface area contributed by atoms with Gasteiger partial charge in [-0.3, -0.25) is 5.10 Å². The number of aromatic nitrogens is 4. The highest BCUT2D eigenvalue weighted by Gasteiger charge is 2.14. The van der Waals surface area contributed by atoms with Crippen molar-refractivity contribution in [3.63, 3.8) is 0 Å². The van der Waals surface area contributed by atoms with Gasteiger partial charge in [-0.25, -0.2) is 9.97 Å². The first-order valence-corrected chi connectivity index (χ1v) is 9.11. The van der Waals surface area contributed by atoms with E-state index in [1.54, 1.807) is 17.7 Å². The number of thiophene rings is 1. The van der Waals surface area contributed by atoms with Crippen LogP contribution in [0.25, 0.3) is 21.3 Å². The van der Waals surface area contributed by atoms with Gasteiger partial charge in [0.25, 0.3) is 0 Å². The van der Waals surface area contributed by atoms with Crippen LogP contribution in [0.5, 0.6) is 0 Å². The molecule has 0 radical (unpaired) electrons. The molecule has 0 spiro atoms. The highest BCUT2D eigenvalue weighted by molar-refractivity contribution is 7.17.